The van der Waals surface area contributed by atoms with Crippen LogP contribution < -0.4 is 15.2 Å². The molecule has 1 saturated heterocycles. The average Bonchev–Trinajstić information content (AvgIpc) is 2.82. The van der Waals surface area contributed by atoms with Crippen molar-refractivity contribution in [2.45, 2.75) is 13.0 Å². The molecule has 2 aromatic carbocycles. The molecule has 1 aliphatic heterocycles. The lowest BCUT2D eigenvalue weighted by Gasteiger charge is -2.37. The van der Waals surface area contributed by atoms with Crippen molar-refractivity contribution in [1.29, 1.82) is 0 Å². The van der Waals surface area contributed by atoms with Crippen LogP contribution in [-0.4, -0.2) is 52.9 Å². The third-order valence-corrected chi connectivity index (χ3v) is 5.59. The van der Waals surface area contributed by atoms with Gasteiger partial charge in [0.05, 0.1) is 17.6 Å². The van der Waals surface area contributed by atoms with Crippen molar-refractivity contribution in [3.63, 3.8) is 0 Å². The second-order valence-electron chi connectivity index (χ2n) is 7.28. The predicted molar refractivity (Wildman–Crippen MR) is 120 cm³/mol. The number of hydrogen-bond donors (Lipinski definition) is 0. The molecule has 1 fully saturated rings. The predicted octanol–water partition coefficient (Wildman–Crippen LogP) is 3.00. The molecule has 1 aromatic heterocycles. The number of carbonyl (C=O) groups is 1. The van der Waals surface area contributed by atoms with Crippen molar-refractivity contribution >= 4 is 23.2 Å². The summed E-state index contributed by atoms with van der Waals surface area (Å²) in [5, 5.41) is 4.42. The standard InChI is InChI=1S/C23H23ClN4O3/c1-17(31-19-10-6-3-7-11-19)22(29)27-14-12-26(13-15-27)20-16-25-28(23(30)21(20)24)18-8-4-2-5-9-18/h2-11,16-17H,12-15H2,1H3. The number of amides is 1. The molecule has 1 aliphatic rings. The average molecular weight is 439 g/mol. The van der Waals surface area contributed by atoms with Crippen molar-refractivity contribution in [2.75, 3.05) is 31.1 Å². The van der Waals surface area contributed by atoms with Crippen LogP contribution in [0.2, 0.25) is 5.02 Å². The van der Waals surface area contributed by atoms with Gasteiger partial charge in [0, 0.05) is 26.2 Å². The van der Waals surface area contributed by atoms with Crippen LogP contribution in [0.1, 0.15) is 6.92 Å². The van der Waals surface area contributed by atoms with Gasteiger partial charge >= 0.3 is 0 Å². The van der Waals surface area contributed by atoms with Gasteiger partial charge in [0.1, 0.15) is 10.8 Å². The molecule has 8 heteroatoms. The first-order chi connectivity index (χ1) is 15.0. The minimum absolute atomic E-state index is 0.0628. The molecule has 0 bridgehead atoms. The highest BCUT2D eigenvalue weighted by Crippen LogP contribution is 2.23. The Labute approximate surface area is 185 Å². The van der Waals surface area contributed by atoms with Crippen molar-refractivity contribution in [3.05, 3.63) is 82.2 Å². The molecule has 0 N–H and O–H groups in total. The minimum atomic E-state index is -0.575. The van der Waals surface area contributed by atoms with Gasteiger partial charge in [0.2, 0.25) is 0 Å². The van der Waals surface area contributed by atoms with Gasteiger partial charge in [-0.25, -0.2) is 0 Å². The zero-order valence-electron chi connectivity index (χ0n) is 17.1. The highest BCUT2D eigenvalue weighted by molar-refractivity contribution is 6.33. The van der Waals surface area contributed by atoms with E-state index in [0.717, 1.165) is 0 Å². The van der Waals surface area contributed by atoms with Crippen molar-refractivity contribution in [2.24, 2.45) is 0 Å². The quantitative estimate of drug-likeness (QED) is 0.612. The Bertz CT molecular complexity index is 1100. The number of anilines is 1. The lowest BCUT2D eigenvalue weighted by molar-refractivity contribution is -0.138. The largest absolute Gasteiger partial charge is 0.481 e. The van der Waals surface area contributed by atoms with Crippen LogP contribution in [0.4, 0.5) is 5.69 Å². The van der Waals surface area contributed by atoms with Crippen molar-refractivity contribution < 1.29 is 9.53 Å². The molecule has 0 saturated carbocycles. The molecule has 160 valence electrons. The second kappa shape index (κ2) is 9.22. The maximum absolute atomic E-state index is 12.8. The van der Waals surface area contributed by atoms with Crippen LogP contribution in [0, 0.1) is 0 Å². The molecule has 2 heterocycles. The Morgan fingerprint density at radius 1 is 1.00 bits per heavy atom. The molecule has 0 aliphatic carbocycles. The Kier molecular flexibility index (Phi) is 6.23. The Hall–Kier alpha value is -3.32. The number of rotatable bonds is 5. The molecule has 1 amide bonds. The number of para-hydroxylation sites is 2. The Morgan fingerprint density at radius 2 is 1.61 bits per heavy atom. The monoisotopic (exact) mass is 438 g/mol. The summed E-state index contributed by atoms with van der Waals surface area (Å²) in [5.41, 5.74) is 0.872. The zero-order chi connectivity index (χ0) is 21.8. The van der Waals surface area contributed by atoms with Gasteiger partial charge in [0.15, 0.2) is 6.10 Å². The second-order valence-corrected chi connectivity index (χ2v) is 7.66. The van der Waals surface area contributed by atoms with Crippen LogP contribution in [0.3, 0.4) is 0 Å². The van der Waals surface area contributed by atoms with E-state index < -0.39 is 6.10 Å². The molecule has 3 aromatic rings. The lowest BCUT2D eigenvalue weighted by atomic mass is 10.2. The first-order valence-electron chi connectivity index (χ1n) is 10.1. The maximum Gasteiger partial charge on any atom is 0.292 e. The summed E-state index contributed by atoms with van der Waals surface area (Å²) in [7, 11) is 0. The number of nitrogens with zero attached hydrogens (tertiary/aromatic N) is 4. The fourth-order valence-corrected chi connectivity index (χ4v) is 3.82. The topological polar surface area (TPSA) is 67.7 Å². The van der Waals surface area contributed by atoms with Gasteiger partial charge in [-0.1, -0.05) is 48.0 Å². The number of carbonyl (C=O) groups excluding carboxylic acids is 1. The summed E-state index contributed by atoms with van der Waals surface area (Å²) in [4.78, 5) is 29.2. The zero-order valence-corrected chi connectivity index (χ0v) is 17.9. The third kappa shape index (κ3) is 4.56. The first-order valence-corrected chi connectivity index (χ1v) is 10.5. The van der Waals surface area contributed by atoms with E-state index >= 15 is 0 Å². The molecular formula is C23H23ClN4O3. The molecule has 7 nitrogen and oxygen atoms in total. The van der Waals surface area contributed by atoms with E-state index in [9.17, 15) is 9.59 Å². The molecule has 0 radical (unpaired) electrons. The Morgan fingerprint density at radius 3 is 2.26 bits per heavy atom. The number of benzene rings is 2. The van der Waals surface area contributed by atoms with Crippen LogP contribution in [0.15, 0.2) is 71.7 Å². The number of piperazine rings is 1. The molecule has 4 rings (SSSR count). The van der Waals surface area contributed by atoms with E-state index in [4.69, 9.17) is 16.3 Å². The van der Waals surface area contributed by atoms with E-state index in [0.29, 0.717) is 43.3 Å². The van der Waals surface area contributed by atoms with Crippen LogP contribution >= 0.6 is 11.6 Å². The van der Waals surface area contributed by atoms with E-state index in [-0.39, 0.29) is 16.5 Å². The van der Waals surface area contributed by atoms with Crippen molar-refractivity contribution in [1.82, 2.24) is 14.7 Å². The summed E-state index contributed by atoms with van der Waals surface area (Å²) < 4.78 is 7.04. The minimum Gasteiger partial charge on any atom is -0.481 e. The fraction of sp³-hybridized carbons (Fsp3) is 0.261. The fourth-order valence-electron chi connectivity index (χ4n) is 3.58. The molecule has 0 spiro atoms. The highest BCUT2D eigenvalue weighted by atomic mass is 35.5. The smallest absolute Gasteiger partial charge is 0.292 e. The van der Waals surface area contributed by atoms with E-state index in [1.54, 1.807) is 30.2 Å². The number of aromatic nitrogens is 2. The molecular weight excluding hydrogens is 416 g/mol. The number of hydrogen-bond acceptors (Lipinski definition) is 5. The molecule has 31 heavy (non-hydrogen) atoms. The van der Waals surface area contributed by atoms with Gasteiger partial charge in [-0.3, -0.25) is 9.59 Å². The third-order valence-electron chi connectivity index (χ3n) is 5.24. The number of ether oxygens (including phenoxy) is 1. The first kappa shape index (κ1) is 20.9. The van der Waals surface area contributed by atoms with E-state index in [1.165, 1.54) is 4.68 Å². The lowest BCUT2D eigenvalue weighted by Crippen LogP contribution is -2.52. The normalized spacial score (nSPS) is 14.9. The summed E-state index contributed by atoms with van der Waals surface area (Å²) >= 11 is 6.41. The summed E-state index contributed by atoms with van der Waals surface area (Å²) in [5.74, 6) is 0.603. The highest BCUT2D eigenvalue weighted by Gasteiger charge is 2.27. The van der Waals surface area contributed by atoms with Gasteiger partial charge in [-0.15, -0.1) is 0 Å². The van der Waals surface area contributed by atoms with Gasteiger partial charge in [-0.2, -0.15) is 9.78 Å². The molecule has 1 unspecified atom stereocenters. The summed E-state index contributed by atoms with van der Waals surface area (Å²) in [6.07, 6.45) is 1.03. The van der Waals surface area contributed by atoms with Crippen LogP contribution in [0.25, 0.3) is 5.69 Å². The summed E-state index contributed by atoms with van der Waals surface area (Å²) in [6.45, 7) is 3.89. The van der Waals surface area contributed by atoms with Crippen molar-refractivity contribution in [3.8, 4) is 11.4 Å². The van der Waals surface area contributed by atoms with Gasteiger partial charge in [-0.05, 0) is 31.2 Å². The van der Waals surface area contributed by atoms with Gasteiger partial charge < -0.3 is 14.5 Å². The number of halogens is 1. The SMILES string of the molecule is CC(Oc1ccccc1)C(=O)N1CCN(c2cnn(-c3ccccc3)c(=O)c2Cl)CC1. The van der Waals surface area contributed by atoms with Gasteiger partial charge in [0.25, 0.3) is 11.5 Å². The maximum atomic E-state index is 12.8. The summed E-state index contributed by atoms with van der Waals surface area (Å²) in [6, 6.07) is 18.4. The van der Waals surface area contributed by atoms with E-state index in [1.807, 2.05) is 53.4 Å². The van der Waals surface area contributed by atoms with Crippen LogP contribution in [-0.2, 0) is 4.79 Å². The Balaban J connectivity index is 1.41. The van der Waals surface area contributed by atoms with E-state index in [2.05, 4.69) is 5.10 Å². The molecule has 1 atom stereocenters. The van der Waals surface area contributed by atoms with Crippen LogP contribution in [0.5, 0.6) is 5.75 Å².